The molecule has 0 fully saturated rings. The molecular weight excluding hydrogens is 416 g/mol. The molecule has 0 radical (unpaired) electrons. The average molecular weight is 441 g/mol. The fourth-order valence-electron chi connectivity index (χ4n) is 4.55. The van der Waals surface area contributed by atoms with Crippen LogP contribution in [-0.4, -0.2) is 19.1 Å². The number of hydrogen-bond donors (Lipinski definition) is 0. The fourth-order valence-corrected chi connectivity index (χ4v) is 4.55. The third-order valence-electron chi connectivity index (χ3n) is 6.37. The van der Waals surface area contributed by atoms with Crippen molar-refractivity contribution in [2.24, 2.45) is 0 Å². The first-order valence-electron chi connectivity index (χ1n) is 11.4. The van der Waals surface area contributed by atoms with Crippen LogP contribution in [0.4, 0.5) is 0 Å². The van der Waals surface area contributed by atoms with Crippen molar-refractivity contribution in [1.82, 2.24) is 19.1 Å². The third kappa shape index (κ3) is 3.41. The maximum Gasteiger partial charge on any atom is 0.0997 e. The monoisotopic (exact) mass is 440 g/mol. The molecule has 0 aliphatic carbocycles. The highest BCUT2D eigenvalue weighted by atomic mass is 15.1. The van der Waals surface area contributed by atoms with Crippen molar-refractivity contribution in [1.29, 1.82) is 0 Å². The number of benzene rings is 4. The summed E-state index contributed by atoms with van der Waals surface area (Å²) < 4.78 is 4.34. The fraction of sp³-hybridized carbons (Fsp3) is 0.0667. The number of imidazole rings is 2. The summed E-state index contributed by atoms with van der Waals surface area (Å²) >= 11 is 0. The number of nitrogens with zero attached hydrogens (tertiary/aromatic N) is 4. The predicted molar refractivity (Wildman–Crippen MR) is 139 cm³/mol. The van der Waals surface area contributed by atoms with E-state index in [2.05, 4.69) is 118 Å². The average Bonchev–Trinajstić information content (AvgIpc) is 3.55. The van der Waals surface area contributed by atoms with Gasteiger partial charge in [-0.1, -0.05) is 83.9 Å². The zero-order valence-electron chi connectivity index (χ0n) is 19.2. The lowest BCUT2D eigenvalue weighted by molar-refractivity contribution is 1.06. The Morgan fingerprint density at radius 2 is 0.912 bits per heavy atom. The molecular formula is C30H24N4. The molecule has 0 saturated heterocycles. The summed E-state index contributed by atoms with van der Waals surface area (Å²) in [6.07, 6.45) is 7.65. The second kappa shape index (κ2) is 8.16. The van der Waals surface area contributed by atoms with Crippen LogP contribution in [0, 0.1) is 13.8 Å². The second-order valence-electron chi connectivity index (χ2n) is 8.68. The first-order valence-corrected chi connectivity index (χ1v) is 11.4. The van der Waals surface area contributed by atoms with Crippen LogP contribution in [-0.2, 0) is 0 Å². The van der Waals surface area contributed by atoms with E-state index in [1.165, 1.54) is 11.1 Å². The van der Waals surface area contributed by atoms with Crippen molar-refractivity contribution in [3.63, 3.8) is 0 Å². The van der Waals surface area contributed by atoms with Crippen molar-refractivity contribution >= 4 is 10.8 Å². The molecule has 0 unspecified atom stereocenters. The van der Waals surface area contributed by atoms with E-state index < -0.39 is 0 Å². The number of hydrogen-bond acceptors (Lipinski definition) is 2. The highest BCUT2D eigenvalue weighted by Gasteiger charge is 2.14. The summed E-state index contributed by atoms with van der Waals surface area (Å²) in [5.74, 6) is 0. The lowest BCUT2D eigenvalue weighted by Gasteiger charge is -2.15. The first kappa shape index (κ1) is 20.2. The van der Waals surface area contributed by atoms with Gasteiger partial charge in [0.1, 0.15) is 0 Å². The van der Waals surface area contributed by atoms with E-state index >= 15 is 0 Å². The number of aromatic nitrogens is 4. The molecule has 0 bridgehead atoms. The number of fused-ring (bicyclic) bond motifs is 1. The van der Waals surface area contributed by atoms with Gasteiger partial charge in [0.05, 0.1) is 47.8 Å². The van der Waals surface area contributed by atoms with Gasteiger partial charge in [0.25, 0.3) is 0 Å². The predicted octanol–water partition coefficient (Wildman–Crippen LogP) is 7.16. The van der Waals surface area contributed by atoms with Gasteiger partial charge in [0.15, 0.2) is 0 Å². The lowest BCUT2D eigenvalue weighted by Crippen LogP contribution is -2.00. The van der Waals surface area contributed by atoms with E-state index in [0.717, 1.165) is 44.7 Å². The third-order valence-corrected chi connectivity index (χ3v) is 6.37. The Hall–Kier alpha value is -4.44. The Bertz CT molecular complexity index is 1480. The van der Waals surface area contributed by atoms with E-state index in [1.807, 2.05) is 25.0 Å². The summed E-state index contributed by atoms with van der Waals surface area (Å²) in [6, 6.07) is 30.0. The minimum absolute atomic E-state index is 1.07. The molecule has 0 aliphatic rings. The molecule has 0 saturated carbocycles. The van der Waals surface area contributed by atoms with Gasteiger partial charge in [0, 0.05) is 21.9 Å². The summed E-state index contributed by atoms with van der Waals surface area (Å²) in [6.45, 7) is 4.21. The van der Waals surface area contributed by atoms with Crippen LogP contribution in [0.2, 0.25) is 0 Å². The molecule has 0 atom stereocenters. The Labute approximate surface area is 198 Å². The van der Waals surface area contributed by atoms with Crippen LogP contribution in [0.3, 0.4) is 0 Å². The van der Waals surface area contributed by atoms with Crippen LogP contribution in [0.25, 0.3) is 44.7 Å². The minimum Gasteiger partial charge on any atom is -0.298 e. The topological polar surface area (TPSA) is 35.6 Å². The van der Waals surface area contributed by atoms with Crippen LogP contribution < -0.4 is 0 Å². The molecule has 34 heavy (non-hydrogen) atoms. The Kier molecular flexibility index (Phi) is 4.84. The Morgan fingerprint density at radius 1 is 0.500 bits per heavy atom. The van der Waals surface area contributed by atoms with Crippen LogP contribution in [0.1, 0.15) is 11.1 Å². The van der Waals surface area contributed by atoms with Crippen molar-refractivity contribution in [3.8, 4) is 33.9 Å². The van der Waals surface area contributed by atoms with Gasteiger partial charge in [-0.3, -0.25) is 9.13 Å². The molecule has 4 heteroatoms. The maximum absolute atomic E-state index is 4.49. The van der Waals surface area contributed by atoms with Crippen LogP contribution >= 0.6 is 0 Å². The number of rotatable bonds is 4. The lowest BCUT2D eigenvalue weighted by atomic mass is 10.0. The first-order chi connectivity index (χ1) is 16.7. The highest BCUT2D eigenvalue weighted by Crippen LogP contribution is 2.33. The van der Waals surface area contributed by atoms with Crippen molar-refractivity contribution in [3.05, 3.63) is 121 Å². The smallest absolute Gasteiger partial charge is 0.0997 e. The van der Waals surface area contributed by atoms with Gasteiger partial charge in [-0.15, -0.1) is 0 Å². The molecule has 2 heterocycles. The summed E-state index contributed by atoms with van der Waals surface area (Å²) in [5, 5.41) is 2.32. The van der Waals surface area contributed by atoms with E-state index in [9.17, 15) is 0 Å². The summed E-state index contributed by atoms with van der Waals surface area (Å²) in [7, 11) is 0. The quantitative estimate of drug-likeness (QED) is 0.291. The molecule has 6 aromatic rings. The molecule has 164 valence electrons. The Morgan fingerprint density at radius 3 is 1.32 bits per heavy atom. The standard InChI is InChI=1S/C30H24N4/c1-21-9-13-23(14-10-21)29-17-31-19-33(29)27-7-3-6-26-25(27)5-4-8-28(26)34-20-32-18-30(34)24-15-11-22(2)12-16-24/h3-20H,1-2H3. The molecule has 2 aromatic heterocycles. The number of aryl methyl sites for hydroxylation is 2. The summed E-state index contributed by atoms with van der Waals surface area (Å²) in [5.41, 5.74) is 9.12. The van der Waals surface area contributed by atoms with Gasteiger partial charge < -0.3 is 0 Å². The van der Waals surface area contributed by atoms with Gasteiger partial charge in [-0.05, 0) is 26.0 Å². The van der Waals surface area contributed by atoms with Gasteiger partial charge in [-0.25, -0.2) is 9.97 Å². The van der Waals surface area contributed by atoms with E-state index in [4.69, 9.17) is 0 Å². The SMILES string of the molecule is Cc1ccc(-c2cncn2-c2cccc3c(-n4cncc4-c4ccc(C)cc4)cccc23)cc1. The highest BCUT2D eigenvalue weighted by molar-refractivity contribution is 5.97. The maximum atomic E-state index is 4.49. The van der Waals surface area contributed by atoms with E-state index in [1.54, 1.807) is 0 Å². The molecule has 4 nitrogen and oxygen atoms in total. The molecule has 0 spiro atoms. The normalized spacial score (nSPS) is 11.2. The minimum atomic E-state index is 1.07. The Balaban J connectivity index is 1.52. The second-order valence-corrected chi connectivity index (χ2v) is 8.68. The molecule has 0 N–H and O–H groups in total. The van der Waals surface area contributed by atoms with Gasteiger partial charge in [0.2, 0.25) is 0 Å². The van der Waals surface area contributed by atoms with Crippen molar-refractivity contribution in [2.75, 3.05) is 0 Å². The molecule has 4 aromatic carbocycles. The molecule has 0 aliphatic heterocycles. The zero-order chi connectivity index (χ0) is 23.1. The molecule has 0 amide bonds. The molecule has 6 rings (SSSR count). The zero-order valence-corrected chi connectivity index (χ0v) is 19.2. The van der Waals surface area contributed by atoms with Crippen LogP contribution in [0.5, 0.6) is 0 Å². The van der Waals surface area contributed by atoms with Crippen molar-refractivity contribution < 1.29 is 0 Å². The summed E-state index contributed by atoms with van der Waals surface area (Å²) in [4.78, 5) is 8.97. The van der Waals surface area contributed by atoms with Crippen molar-refractivity contribution in [2.45, 2.75) is 13.8 Å². The van der Waals surface area contributed by atoms with Gasteiger partial charge in [-0.2, -0.15) is 0 Å². The van der Waals surface area contributed by atoms with Gasteiger partial charge >= 0.3 is 0 Å². The van der Waals surface area contributed by atoms with E-state index in [-0.39, 0.29) is 0 Å². The largest absolute Gasteiger partial charge is 0.298 e. The van der Waals surface area contributed by atoms with Crippen LogP contribution in [0.15, 0.2) is 110 Å². The van der Waals surface area contributed by atoms with E-state index in [0.29, 0.717) is 0 Å².